The second-order valence-corrected chi connectivity index (χ2v) is 3.35. The standard InChI is InChI=1S/C10H16N4O2/c1-12-8-3-2-7(14-10(16)5-11)4-9(8)13-6-15/h2,4,6,8,12H,3,5,11H2,1H3,(H,13,15)(H,14,16). The van der Waals surface area contributed by atoms with Crippen molar-refractivity contribution in [2.24, 2.45) is 5.73 Å². The Bertz CT molecular complexity index is 336. The maximum absolute atomic E-state index is 11.1. The number of carbonyl (C=O) groups is 2. The van der Waals surface area contributed by atoms with Crippen molar-refractivity contribution in [3.05, 3.63) is 23.5 Å². The van der Waals surface area contributed by atoms with Crippen molar-refractivity contribution >= 4 is 12.3 Å². The van der Waals surface area contributed by atoms with E-state index in [4.69, 9.17) is 5.73 Å². The van der Waals surface area contributed by atoms with E-state index in [0.717, 1.165) is 5.70 Å². The quantitative estimate of drug-likeness (QED) is 0.430. The smallest absolute Gasteiger partial charge is 0.238 e. The highest BCUT2D eigenvalue weighted by atomic mass is 16.1. The predicted molar refractivity (Wildman–Crippen MR) is 60.0 cm³/mol. The fraction of sp³-hybridized carbons (Fsp3) is 0.400. The highest BCUT2D eigenvalue weighted by Crippen LogP contribution is 2.13. The summed E-state index contributed by atoms with van der Waals surface area (Å²) in [6.07, 6.45) is 4.91. The molecule has 0 radical (unpaired) electrons. The van der Waals surface area contributed by atoms with Crippen LogP contribution in [0.2, 0.25) is 0 Å². The normalized spacial score (nSPS) is 19.5. The van der Waals surface area contributed by atoms with E-state index in [1.807, 2.05) is 13.1 Å². The lowest BCUT2D eigenvalue weighted by molar-refractivity contribution is -0.119. The molecule has 6 nitrogen and oxygen atoms in total. The number of hydrogen-bond donors (Lipinski definition) is 4. The molecule has 88 valence electrons. The average Bonchev–Trinajstić information content (AvgIpc) is 2.30. The van der Waals surface area contributed by atoms with E-state index in [-0.39, 0.29) is 18.5 Å². The number of nitrogens with two attached hydrogens (primary N) is 1. The first-order valence-electron chi connectivity index (χ1n) is 5.00. The molecule has 0 bridgehead atoms. The number of likely N-dealkylation sites (N-methyl/N-ethyl adjacent to an activating group) is 1. The first-order chi connectivity index (χ1) is 7.71. The van der Waals surface area contributed by atoms with Crippen LogP contribution in [-0.2, 0) is 9.59 Å². The molecule has 0 aromatic heterocycles. The van der Waals surface area contributed by atoms with Gasteiger partial charge in [0.1, 0.15) is 0 Å². The summed E-state index contributed by atoms with van der Waals surface area (Å²) < 4.78 is 0. The van der Waals surface area contributed by atoms with Crippen molar-refractivity contribution in [1.82, 2.24) is 16.0 Å². The van der Waals surface area contributed by atoms with Gasteiger partial charge in [-0.05, 0) is 19.5 Å². The molecule has 0 aromatic carbocycles. The molecule has 1 unspecified atom stereocenters. The van der Waals surface area contributed by atoms with Crippen molar-refractivity contribution in [3.8, 4) is 0 Å². The van der Waals surface area contributed by atoms with Crippen LogP contribution in [0.4, 0.5) is 0 Å². The van der Waals surface area contributed by atoms with E-state index in [0.29, 0.717) is 18.5 Å². The van der Waals surface area contributed by atoms with E-state index in [1.54, 1.807) is 6.08 Å². The Labute approximate surface area is 94.0 Å². The van der Waals surface area contributed by atoms with Gasteiger partial charge in [-0.25, -0.2) is 0 Å². The van der Waals surface area contributed by atoms with Gasteiger partial charge in [0, 0.05) is 11.4 Å². The molecular formula is C10H16N4O2. The molecule has 0 fully saturated rings. The van der Waals surface area contributed by atoms with Gasteiger partial charge in [-0.2, -0.15) is 0 Å². The zero-order chi connectivity index (χ0) is 12.0. The van der Waals surface area contributed by atoms with Crippen LogP contribution in [0.15, 0.2) is 23.5 Å². The average molecular weight is 224 g/mol. The molecule has 1 aliphatic rings. The highest BCUT2D eigenvalue weighted by molar-refractivity contribution is 5.80. The van der Waals surface area contributed by atoms with Crippen molar-refractivity contribution in [3.63, 3.8) is 0 Å². The molecule has 1 rings (SSSR count). The molecule has 2 amide bonds. The second kappa shape index (κ2) is 6.04. The van der Waals surface area contributed by atoms with E-state index >= 15 is 0 Å². The molecule has 0 aromatic rings. The van der Waals surface area contributed by atoms with Crippen molar-refractivity contribution < 1.29 is 9.59 Å². The zero-order valence-electron chi connectivity index (χ0n) is 9.12. The third-order valence-electron chi connectivity index (χ3n) is 2.30. The monoisotopic (exact) mass is 224 g/mol. The summed E-state index contributed by atoms with van der Waals surface area (Å²) >= 11 is 0. The summed E-state index contributed by atoms with van der Waals surface area (Å²) in [7, 11) is 1.81. The lowest BCUT2D eigenvalue weighted by Crippen LogP contribution is -2.37. The van der Waals surface area contributed by atoms with E-state index in [9.17, 15) is 9.59 Å². The van der Waals surface area contributed by atoms with E-state index in [2.05, 4.69) is 16.0 Å². The van der Waals surface area contributed by atoms with Crippen LogP contribution in [0.25, 0.3) is 0 Å². The summed E-state index contributed by atoms with van der Waals surface area (Å²) in [5.41, 5.74) is 6.58. The number of hydrogen-bond acceptors (Lipinski definition) is 4. The lowest BCUT2D eigenvalue weighted by atomic mass is 10.0. The fourth-order valence-electron chi connectivity index (χ4n) is 1.48. The minimum Gasteiger partial charge on any atom is -0.331 e. The summed E-state index contributed by atoms with van der Waals surface area (Å²) in [4.78, 5) is 21.5. The van der Waals surface area contributed by atoms with Gasteiger partial charge in [-0.3, -0.25) is 9.59 Å². The first kappa shape index (κ1) is 12.4. The molecule has 1 atom stereocenters. The number of nitrogens with one attached hydrogen (secondary N) is 3. The molecular weight excluding hydrogens is 208 g/mol. The van der Waals surface area contributed by atoms with Crippen molar-refractivity contribution in [1.29, 1.82) is 0 Å². The first-order valence-corrected chi connectivity index (χ1v) is 5.00. The largest absolute Gasteiger partial charge is 0.331 e. The molecule has 5 N–H and O–H groups in total. The van der Waals surface area contributed by atoms with Gasteiger partial charge in [-0.1, -0.05) is 6.08 Å². The van der Waals surface area contributed by atoms with Gasteiger partial charge >= 0.3 is 0 Å². The Kier molecular flexibility index (Phi) is 4.68. The molecule has 0 saturated heterocycles. The predicted octanol–water partition coefficient (Wildman–Crippen LogP) is -1.43. The minimum absolute atomic E-state index is 0.0585. The van der Waals surface area contributed by atoms with Gasteiger partial charge in [0.2, 0.25) is 12.3 Å². The second-order valence-electron chi connectivity index (χ2n) is 3.35. The zero-order valence-corrected chi connectivity index (χ0v) is 9.12. The lowest BCUT2D eigenvalue weighted by Gasteiger charge is -2.22. The number of amides is 2. The summed E-state index contributed by atoms with van der Waals surface area (Å²) in [5.74, 6) is -0.254. The Morgan fingerprint density at radius 3 is 3.00 bits per heavy atom. The summed E-state index contributed by atoms with van der Waals surface area (Å²) in [6, 6.07) is 0.0590. The van der Waals surface area contributed by atoms with Gasteiger partial charge in [0.25, 0.3) is 0 Å². The van der Waals surface area contributed by atoms with Gasteiger partial charge in [-0.15, -0.1) is 0 Å². The Hall–Kier alpha value is -1.66. The van der Waals surface area contributed by atoms with Crippen LogP contribution in [0.1, 0.15) is 6.42 Å². The number of rotatable bonds is 5. The molecule has 0 saturated carbocycles. The SMILES string of the molecule is CNC1CC=C(NC(=O)CN)C=C1NC=O. The van der Waals surface area contributed by atoms with Crippen LogP contribution in [-0.4, -0.2) is 32.0 Å². The molecule has 1 aliphatic carbocycles. The van der Waals surface area contributed by atoms with Gasteiger partial charge < -0.3 is 21.7 Å². The molecule has 0 spiro atoms. The molecule has 6 heteroatoms. The third-order valence-corrected chi connectivity index (χ3v) is 2.30. The van der Waals surface area contributed by atoms with Gasteiger partial charge in [0.05, 0.1) is 12.6 Å². The number of carbonyl (C=O) groups excluding carboxylic acids is 2. The van der Waals surface area contributed by atoms with Crippen molar-refractivity contribution in [2.45, 2.75) is 12.5 Å². The summed E-state index contributed by atoms with van der Waals surface area (Å²) in [5, 5.41) is 8.30. The molecule has 0 aliphatic heterocycles. The molecule has 0 heterocycles. The maximum Gasteiger partial charge on any atom is 0.238 e. The maximum atomic E-state index is 11.1. The van der Waals surface area contributed by atoms with Crippen LogP contribution >= 0.6 is 0 Å². The molecule has 16 heavy (non-hydrogen) atoms. The Morgan fingerprint density at radius 2 is 2.44 bits per heavy atom. The van der Waals surface area contributed by atoms with Crippen LogP contribution < -0.4 is 21.7 Å². The fourth-order valence-corrected chi connectivity index (χ4v) is 1.48. The van der Waals surface area contributed by atoms with Crippen LogP contribution in [0, 0.1) is 0 Å². The Morgan fingerprint density at radius 1 is 1.69 bits per heavy atom. The highest BCUT2D eigenvalue weighted by Gasteiger charge is 2.16. The van der Waals surface area contributed by atoms with Crippen LogP contribution in [0.3, 0.4) is 0 Å². The van der Waals surface area contributed by atoms with E-state index in [1.165, 1.54) is 0 Å². The summed E-state index contributed by atoms with van der Waals surface area (Å²) in [6.45, 7) is -0.0585. The minimum atomic E-state index is -0.254. The van der Waals surface area contributed by atoms with Crippen LogP contribution in [0.5, 0.6) is 0 Å². The Balaban J connectivity index is 2.72. The number of allylic oxidation sites excluding steroid dienone is 1. The van der Waals surface area contributed by atoms with E-state index < -0.39 is 0 Å². The van der Waals surface area contributed by atoms with Crippen molar-refractivity contribution in [2.75, 3.05) is 13.6 Å². The topological polar surface area (TPSA) is 96.2 Å². The third kappa shape index (κ3) is 3.18. The van der Waals surface area contributed by atoms with Gasteiger partial charge in [0.15, 0.2) is 0 Å².